The molecule has 1 aliphatic carbocycles. The molecule has 0 bridgehead atoms. The van der Waals surface area contributed by atoms with E-state index in [0.29, 0.717) is 0 Å². The third-order valence-corrected chi connectivity index (χ3v) is 1.89. The van der Waals surface area contributed by atoms with Crippen LogP contribution < -0.4 is 0 Å². The predicted molar refractivity (Wildman–Crippen MR) is 47.4 cm³/mol. The molecule has 68 valence electrons. The maximum atomic E-state index is 8.98. The summed E-state index contributed by atoms with van der Waals surface area (Å²) >= 11 is 0. The lowest BCUT2D eigenvalue weighted by Gasteiger charge is -2.15. The van der Waals surface area contributed by atoms with Crippen molar-refractivity contribution in [2.75, 3.05) is 0 Å². The van der Waals surface area contributed by atoms with E-state index in [4.69, 9.17) is 9.84 Å². The van der Waals surface area contributed by atoms with Crippen molar-refractivity contribution in [2.24, 2.45) is 0 Å². The zero-order chi connectivity index (χ0) is 8.81. The number of ether oxygens (including phenoxy) is 1. The molecule has 0 aromatic heterocycles. The Balaban J connectivity index is 2.38. The number of aliphatic hydroxyl groups is 1. The molecular weight excluding hydrogens is 152 g/mol. The Hall–Kier alpha value is -0.520. The third kappa shape index (κ3) is 3.75. The van der Waals surface area contributed by atoms with Gasteiger partial charge < -0.3 is 9.84 Å². The first-order chi connectivity index (χ1) is 5.79. The van der Waals surface area contributed by atoms with Crippen LogP contribution in [0.2, 0.25) is 0 Å². The summed E-state index contributed by atoms with van der Waals surface area (Å²) < 4.78 is 5.21. The van der Waals surface area contributed by atoms with Gasteiger partial charge in [0, 0.05) is 6.42 Å². The first-order valence-electron chi connectivity index (χ1n) is 4.61. The van der Waals surface area contributed by atoms with Crippen LogP contribution in [0.1, 0.15) is 39.0 Å². The lowest BCUT2D eigenvalue weighted by Crippen LogP contribution is -2.18. The van der Waals surface area contributed by atoms with E-state index in [1.54, 1.807) is 6.92 Å². The van der Waals surface area contributed by atoms with E-state index >= 15 is 0 Å². The van der Waals surface area contributed by atoms with Gasteiger partial charge in [-0.25, -0.2) is 0 Å². The quantitative estimate of drug-likeness (QED) is 0.502. The molecule has 2 atom stereocenters. The van der Waals surface area contributed by atoms with Gasteiger partial charge in [-0.2, -0.15) is 0 Å². The van der Waals surface area contributed by atoms with Crippen molar-refractivity contribution in [1.82, 2.24) is 0 Å². The van der Waals surface area contributed by atoms with E-state index in [2.05, 4.69) is 11.8 Å². The van der Waals surface area contributed by atoms with Gasteiger partial charge in [0.2, 0.25) is 0 Å². The minimum Gasteiger partial charge on any atom is -0.368 e. The molecule has 0 aliphatic heterocycles. The molecule has 0 spiro atoms. The highest BCUT2D eigenvalue weighted by molar-refractivity contribution is 5.06. The molecule has 1 N–H and O–H groups in total. The second-order valence-corrected chi connectivity index (χ2v) is 3.14. The summed E-state index contributed by atoms with van der Waals surface area (Å²) in [5.41, 5.74) is 0. The van der Waals surface area contributed by atoms with Crippen LogP contribution in [-0.2, 0) is 4.74 Å². The maximum absolute atomic E-state index is 8.98. The standard InChI is InChI=1S/C10H16O2/c1-9(11)12-10-7-5-3-2-4-6-8-10/h9-11H,2-5,7H2,1H3. The second-order valence-electron chi connectivity index (χ2n) is 3.14. The topological polar surface area (TPSA) is 29.5 Å². The van der Waals surface area contributed by atoms with Crippen molar-refractivity contribution in [1.29, 1.82) is 0 Å². The third-order valence-electron chi connectivity index (χ3n) is 1.89. The Morgan fingerprint density at radius 1 is 1.42 bits per heavy atom. The van der Waals surface area contributed by atoms with E-state index in [1.165, 1.54) is 12.8 Å². The molecule has 2 heteroatoms. The van der Waals surface area contributed by atoms with Crippen molar-refractivity contribution in [3.8, 4) is 11.8 Å². The van der Waals surface area contributed by atoms with E-state index < -0.39 is 6.29 Å². The van der Waals surface area contributed by atoms with Crippen molar-refractivity contribution in [3.63, 3.8) is 0 Å². The molecule has 0 fully saturated rings. The van der Waals surface area contributed by atoms with Gasteiger partial charge in [0.1, 0.15) is 6.10 Å². The predicted octanol–water partition coefficient (Wildman–Crippen LogP) is 1.68. The maximum Gasteiger partial charge on any atom is 0.153 e. The molecule has 12 heavy (non-hydrogen) atoms. The van der Waals surface area contributed by atoms with Crippen LogP contribution >= 0.6 is 0 Å². The average molecular weight is 168 g/mol. The van der Waals surface area contributed by atoms with Gasteiger partial charge in [0.05, 0.1) is 0 Å². The highest BCUT2D eigenvalue weighted by Gasteiger charge is 2.09. The van der Waals surface area contributed by atoms with Crippen molar-refractivity contribution < 1.29 is 9.84 Å². The highest BCUT2D eigenvalue weighted by Crippen LogP contribution is 2.11. The van der Waals surface area contributed by atoms with E-state index in [9.17, 15) is 0 Å². The summed E-state index contributed by atoms with van der Waals surface area (Å²) in [5.74, 6) is 6.08. The van der Waals surface area contributed by atoms with Crippen LogP contribution in [0.3, 0.4) is 0 Å². The van der Waals surface area contributed by atoms with Crippen LogP contribution in [0.4, 0.5) is 0 Å². The van der Waals surface area contributed by atoms with Gasteiger partial charge in [-0.1, -0.05) is 12.3 Å². The van der Waals surface area contributed by atoms with E-state index in [1.807, 2.05) is 0 Å². The lowest BCUT2D eigenvalue weighted by molar-refractivity contribution is -0.108. The van der Waals surface area contributed by atoms with Crippen molar-refractivity contribution >= 4 is 0 Å². The fourth-order valence-electron chi connectivity index (χ4n) is 1.32. The molecule has 0 aromatic rings. The zero-order valence-electron chi connectivity index (χ0n) is 7.55. The normalized spacial score (nSPS) is 26.3. The smallest absolute Gasteiger partial charge is 0.153 e. The van der Waals surface area contributed by atoms with Gasteiger partial charge in [-0.15, -0.1) is 5.92 Å². The van der Waals surface area contributed by atoms with Gasteiger partial charge in [-0.3, -0.25) is 0 Å². The Morgan fingerprint density at radius 3 is 3.00 bits per heavy atom. The van der Waals surface area contributed by atoms with Gasteiger partial charge >= 0.3 is 0 Å². The van der Waals surface area contributed by atoms with Crippen molar-refractivity contribution in [3.05, 3.63) is 0 Å². The van der Waals surface area contributed by atoms with Crippen LogP contribution in [0.5, 0.6) is 0 Å². The summed E-state index contributed by atoms with van der Waals surface area (Å²) in [5, 5.41) is 8.98. The minimum absolute atomic E-state index is 0.0506. The summed E-state index contributed by atoms with van der Waals surface area (Å²) in [6, 6.07) is 0. The second kappa shape index (κ2) is 5.18. The van der Waals surface area contributed by atoms with Crippen LogP contribution in [0.15, 0.2) is 0 Å². The molecule has 2 unspecified atom stereocenters. The molecule has 2 nitrogen and oxygen atoms in total. The summed E-state index contributed by atoms with van der Waals surface area (Å²) in [7, 11) is 0. The van der Waals surface area contributed by atoms with Crippen LogP contribution in [0, 0.1) is 11.8 Å². The number of rotatable bonds is 2. The molecule has 0 saturated heterocycles. The molecule has 1 rings (SSSR count). The van der Waals surface area contributed by atoms with Gasteiger partial charge in [0.15, 0.2) is 6.29 Å². The summed E-state index contributed by atoms with van der Waals surface area (Å²) in [6.07, 6.45) is 4.78. The first-order valence-corrected chi connectivity index (χ1v) is 4.61. The molecule has 0 radical (unpaired) electrons. The Labute approximate surface area is 73.9 Å². The van der Waals surface area contributed by atoms with E-state index in [-0.39, 0.29) is 6.10 Å². The number of hydrogen-bond donors (Lipinski definition) is 1. The Bertz CT molecular complexity index is 176. The van der Waals surface area contributed by atoms with E-state index in [0.717, 1.165) is 19.3 Å². The Morgan fingerprint density at radius 2 is 2.25 bits per heavy atom. The minimum atomic E-state index is -0.691. The molecule has 0 aromatic carbocycles. The fraction of sp³-hybridized carbons (Fsp3) is 0.800. The molecule has 0 saturated carbocycles. The fourth-order valence-corrected chi connectivity index (χ4v) is 1.32. The highest BCUT2D eigenvalue weighted by atomic mass is 16.6. The largest absolute Gasteiger partial charge is 0.368 e. The number of hydrogen-bond acceptors (Lipinski definition) is 2. The molecule has 0 amide bonds. The molecule has 1 aliphatic rings. The average Bonchev–Trinajstić information content (AvgIpc) is 1.93. The van der Waals surface area contributed by atoms with Crippen LogP contribution in [-0.4, -0.2) is 17.5 Å². The lowest BCUT2D eigenvalue weighted by atomic mass is 10.1. The van der Waals surface area contributed by atoms with Gasteiger partial charge in [-0.05, 0) is 26.2 Å². The van der Waals surface area contributed by atoms with Crippen molar-refractivity contribution in [2.45, 2.75) is 51.4 Å². The summed E-state index contributed by atoms with van der Waals surface area (Å²) in [4.78, 5) is 0. The first kappa shape index (κ1) is 9.57. The molecular formula is C10H16O2. The number of aliphatic hydroxyl groups excluding tert-OH is 1. The monoisotopic (exact) mass is 168 g/mol. The zero-order valence-corrected chi connectivity index (χ0v) is 7.55. The Kier molecular flexibility index (Phi) is 4.13. The SMILES string of the molecule is CC(O)OC1C#CCCCCC1. The molecule has 0 heterocycles. The van der Waals surface area contributed by atoms with Gasteiger partial charge in [0.25, 0.3) is 0 Å². The summed E-state index contributed by atoms with van der Waals surface area (Å²) in [6.45, 7) is 1.63. The van der Waals surface area contributed by atoms with Crippen LogP contribution in [0.25, 0.3) is 0 Å².